The van der Waals surface area contributed by atoms with E-state index in [1.165, 1.54) is 11.8 Å². The fraction of sp³-hybridized carbons (Fsp3) is 0.438. The van der Waals surface area contributed by atoms with Gasteiger partial charge in [-0.1, -0.05) is 6.07 Å². The Kier molecular flexibility index (Phi) is 5.20. The van der Waals surface area contributed by atoms with Gasteiger partial charge in [0, 0.05) is 52.8 Å². The Bertz CT molecular complexity index is 607. The summed E-state index contributed by atoms with van der Waals surface area (Å²) in [6, 6.07) is 6.51. The third-order valence-electron chi connectivity index (χ3n) is 3.56. The summed E-state index contributed by atoms with van der Waals surface area (Å²) in [7, 11) is 3.42. The maximum Gasteiger partial charge on any atom is 0.319 e. The van der Waals surface area contributed by atoms with Gasteiger partial charge in [0.2, 0.25) is 0 Å². The minimum Gasteiger partial charge on any atom is -0.427 e. The molecule has 7 heteroatoms. The van der Waals surface area contributed by atoms with Crippen LogP contribution in [0.4, 0.5) is 4.79 Å². The second kappa shape index (κ2) is 7.13. The van der Waals surface area contributed by atoms with E-state index in [0.717, 1.165) is 0 Å². The molecule has 2 rings (SSSR count). The van der Waals surface area contributed by atoms with Gasteiger partial charge < -0.3 is 19.4 Å². The van der Waals surface area contributed by atoms with E-state index >= 15 is 0 Å². The maximum absolute atomic E-state index is 12.5. The SMILES string of the molecule is CC(=O)Oc1cccc(C(=O)N2CCN(C(=O)N(C)C)CC2)c1. The first-order valence-electron chi connectivity index (χ1n) is 7.42. The Hall–Kier alpha value is -2.57. The molecule has 124 valence electrons. The summed E-state index contributed by atoms with van der Waals surface area (Å²) >= 11 is 0. The Morgan fingerprint density at radius 1 is 1.04 bits per heavy atom. The molecule has 3 amide bonds. The highest BCUT2D eigenvalue weighted by atomic mass is 16.5. The van der Waals surface area contributed by atoms with Crippen LogP contribution in [-0.4, -0.2) is 72.9 Å². The summed E-state index contributed by atoms with van der Waals surface area (Å²) < 4.78 is 5.00. The normalized spacial score (nSPS) is 14.4. The monoisotopic (exact) mass is 319 g/mol. The van der Waals surface area contributed by atoms with Crippen molar-refractivity contribution < 1.29 is 19.1 Å². The summed E-state index contributed by atoms with van der Waals surface area (Å²) in [4.78, 5) is 40.4. The maximum atomic E-state index is 12.5. The molecule has 1 aromatic carbocycles. The number of nitrogens with zero attached hydrogens (tertiary/aromatic N) is 3. The van der Waals surface area contributed by atoms with E-state index in [2.05, 4.69) is 0 Å². The number of amides is 3. The number of piperazine rings is 1. The minimum absolute atomic E-state index is 0.0473. The standard InChI is InChI=1S/C16H21N3O4/c1-12(20)23-14-6-4-5-13(11-14)15(21)18-7-9-19(10-8-18)16(22)17(2)3/h4-6,11H,7-10H2,1-3H3. The third-order valence-corrected chi connectivity index (χ3v) is 3.56. The van der Waals surface area contributed by atoms with Crippen LogP contribution in [0.2, 0.25) is 0 Å². The molecule has 0 unspecified atom stereocenters. The third kappa shape index (κ3) is 4.21. The molecule has 1 fully saturated rings. The number of hydrogen-bond donors (Lipinski definition) is 0. The van der Waals surface area contributed by atoms with E-state index in [4.69, 9.17) is 4.74 Å². The lowest BCUT2D eigenvalue weighted by molar-refractivity contribution is -0.131. The van der Waals surface area contributed by atoms with E-state index < -0.39 is 5.97 Å². The number of esters is 1. The molecule has 0 bridgehead atoms. The lowest BCUT2D eigenvalue weighted by Crippen LogP contribution is -2.52. The molecular formula is C16H21N3O4. The Morgan fingerprint density at radius 3 is 2.22 bits per heavy atom. The lowest BCUT2D eigenvalue weighted by atomic mass is 10.1. The van der Waals surface area contributed by atoms with E-state index in [-0.39, 0.29) is 11.9 Å². The first kappa shape index (κ1) is 16.8. The van der Waals surface area contributed by atoms with Gasteiger partial charge in [-0.2, -0.15) is 0 Å². The fourth-order valence-corrected chi connectivity index (χ4v) is 2.42. The molecule has 1 aliphatic rings. The fourth-order valence-electron chi connectivity index (χ4n) is 2.42. The quantitative estimate of drug-likeness (QED) is 0.603. The molecule has 1 heterocycles. The highest BCUT2D eigenvalue weighted by molar-refractivity contribution is 5.95. The van der Waals surface area contributed by atoms with Crippen molar-refractivity contribution in [2.24, 2.45) is 0 Å². The highest BCUT2D eigenvalue weighted by Gasteiger charge is 2.25. The molecule has 0 radical (unpaired) electrons. The molecule has 0 aromatic heterocycles. The lowest BCUT2D eigenvalue weighted by Gasteiger charge is -2.36. The predicted octanol–water partition coefficient (Wildman–Crippen LogP) is 1.05. The van der Waals surface area contributed by atoms with Crippen molar-refractivity contribution >= 4 is 17.9 Å². The second-order valence-corrected chi connectivity index (χ2v) is 5.58. The van der Waals surface area contributed by atoms with Crippen molar-refractivity contribution in [2.75, 3.05) is 40.3 Å². The molecule has 1 aromatic rings. The van der Waals surface area contributed by atoms with Gasteiger partial charge in [-0.15, -0.1) is 0 Å². The van der Waals surface area contributed by atoms with Gasteiger partial charge in [-0.3, -0.25) is 9.59 Å². The summed E-state index contributed by atoms with van der Waals surface area (Å²) in [5.74, 6) is -0.203. The minimum atomic E-state index is -0.426. The number of carbonyl (C=O) groups excluding carboxylic acids is 3. The van der Waals surface area contributed by atoms with Crippen LogP contribution in [-0.2, 0) is 4.79 Å². The van der Waals surface area contributed by atoms with E-state index in [1.54, 1.807) is 48.2 Å². The summed E-state index contributed by atoms with van der Waals surface area (Å²) in [5.41, 5.74) is 0.469. The molecule has 23 heavy (non-hydrogen) atoms. The van der Waals surface area contributed by atoms with Crippen molar-refractivity contribution in [3.05, 3.63) is 29.8 Å². The first-order chi connectivity index (χ1) is 10.9. The van der Waals surface area contributed by atoms with Gasteiger partial charge in [0.1, 0.15) is 5.75 Å². The molecule has 0 saturated carbocycles. The molecule has 0 spiro atoms. The van der Waals surface area contributed by atoms with Crippen molar-refractivity contribution in [1.82, 2.24) is 14.7 Å². The summed E-state index contributed by atoms with van der Waals surface area (Å²) in [6.45, 7) is 3.29. The van der Waals surface area contributed by atoms with E-state index in [0.29, 0.717) is 37.5 Å². The van der Waals surface area contributed by atoms with Gasteiger partial charge in [0.15, 0.2) is 0 Å². The molecule has 1 saturated heterocycles. The predicted molar refractivity (Wildman–Crippen MR) is 84.3 cm³/mol. The van der Waals surface area contributed by atoms with Crippen LogP contribution in [0.15, 0.2) is 24.3 Å². The number of hydrogen-bond acceptors (Lipinski definition) is 4. The molecule has 0 atom stereocenters. The second-order valence-electron chi connectivity index (χ2n) is 5.58. The van der Waals surface area contributed by atoms with Gasteiger partial charge in [-0.05, 0) is 18.2 Å². The Balaban J connectivity index is 2.00. The Labute approximate surface area is 135 Å². The molecule has 1 aliphatic heterocycles. The van der Waals surface area contributed by atoms with Crippen molar-refractivity contribution in [3.8, 4) is 5.75 Å². The average Bonchev–Trinajstić information content (AvgIpc) is 2.53. The van der Waals surface area contributed by atoms with Crippen LogP contribution in [0.1, 0.15) is 17.3 Å². The first-order valence-corrected chi connectivity index (χ1v) is 7.42. The zero-order valence-electron chi connectivity index (χ0n) is 13.6. The highest BCUT2D eigenvalue weighted by Crippen LogP contribution is 2.16. The number of ether oxygens (including phenoxy) is 1. The van der Waals surface area contributed by atoms with Crippen molar-refractivity contribution in [3.63, 3.8) is 0 Å². The van der Waals surface area contributed by atoms with E-state index in [1.807, 2.05) is 0 Å². The van der Waals surface area contributed by atoms with Crippen LogP contribution in [0, 0.1) is 0 Å². The zero-order valence-corrected chi connectivity index (χ0v) is 13.6. The zero-order chi connectivity index (χ0) is 17.0. The average molecular weight is 319 g/mol. The molecule has 0 N–H and O–H groups in total. The van der Waals surface area contributed by atoms with Crippen LogP contribution >= 0.6 is 0 Å². The van der Waals surface area contributed by atoms with Crippen LogP contribution in [0.25, 0.3) is 0 Å². The number of carbonyl (C=O) groups is 3. The number of benzene rings is 1. The topological polar surface area (TPSA) is 70.2 Å². The Morgan fingerprint density at radius 2 is 1.65 bits per heavy atom. The molecular weight excluding hydrogens is 298 g/mol. The summed E-state index contributed by atoms with van der Waals surface area (Å²) in [5, 5.41) is 0. The van der Waals surface area contributed by atoms with Gasteiger partial charge in [0.05, 0.1) is 0 Å². The molecule has 0 aliphatic carbocycles. The summed E-state index contributed by atoms with van der Waals surface area (Å²) in [6.07, 6.45) is 0. The van der Waals surface area contributed by atoms with Crippen molar-refractivity contribution in [1.29, 1.82) is 0 Å². The smallest absolute Gasteiger partial charge is 0.319 e. The van der Waals surface area contributed by atoms with Crippen LogP contribution in [0.3, 0.4) is 0 Å². The van der Waals surface area contributed by atoms with Gasteiger partial charge >= 0.3 is 12.0 Å². The molecule has 7 nitrogen and oxygen atoms in total. The van der Waals surface area contributed by atoms with E-state index in [9.17, 15) is 14.4 Å². The van der Waals surface area contributed by atoms with Crippen LogP contribution in [0.5, 0.6) is 5.75 Å². The van der Waals surface area contributed by atoms with Crippen molar-refractivity contribution in [2.45, 2.75) is 6.92 Å². The number of rotatable bonds is 2. The largest absolute Gasteiger partial charge is 0.427 e. The number of urea groups is 1. The van der Waals surface area contributed by atoms with Gasteiger partial charge in [-0.25, -0.2) is 4.79 Å². The van der Waals surface area contributed by atoms with Crippen LogP contribution < -0.4 is 4.74 Å². The van der Waals surface area contributed by atoms with Gasteiger partial charge in [0.25, 0.3) is 5.91 Å².